The van der Waals surface area contributed by atoms with Gasteiger partial charge in [0.05, 0.1) is 18.2 Å². The van der Waals surface area contributed by atoms with E-state index in [2.05, 4.69) is 15.5 Å². The normalized spacial score (nSPS) is 18.1. The molecule has 0 radical (unpaired) electrons. The van der Waals surface area contributed by atoms with Gasteiger partial charge in [-0.2, -0.15) is 0 Å². The lowest BCUT2D eigenvalue weighted by Crippen LogP contribution is -2.41. The average Bonchev–Trinajstić information content (AvgIpc) is 3.43. The molecule has 1 saturated carbocycles. The summed E-state index contributed by atoms with van der Waals surface area (Å²) in [6.45, 7) is 5.53. The minimum Gasteiger partial charge on any atom is -0.344 e. The van der Waals surface area contributed by atoms with Gasteiger partial charge in [-0.05, 0) is 50.1 Å². The first-order chi connectivity index (χ1) is 16.3. The number of ketones is 1. The molecule has 1 aliphatic carbocycles. The lowest BCUT2D eigenvalue weighted by molar-refractivity contribution is -0.116. The number of allylic oxidation sites excluding steroid dienone is 1. The highest BCUT2D eigenvalue weighted by atomic mass is 19.1. The molecule has 2 aliphatic rings. The van der Waals surface area contributed by atoms with E-state index in [1.165, 1.54) is 18.2 Å². The third-order valence-corrected chi connectivity index (χ3v) is 6.44. The van der Waals surface area contributed by atoms with E-state index in [1.54, 1.807) is 54.7 Å². The van der Waals surface area contributed by atoms with Gasteiger partial charge in [-0.15, -0.1) is 10.2 Å². The van der Waals surface area contributed by atoms with Gasteiger partial charge in [0.25, 0.3) is 5.91 Å². The van der Waals surface area contributed by atoms with E-state index in [-0.39, 0.29) is 17.9 Å². The monoisotopic (exact) mass is 463 g/mol. The van der Waals surface area contributed by atoms with Gasteiger partial charge in [0, 0.05) is 23.6 Å². The van der Waals surface area contributed by atoms with Crippen LogP contribution in [0.3, 0.4) is 0 Å². The maximum absolute atomic E-state index is 14.9. The second-order valence-electron chi connectivity index (χ2n) is 8.67. The van der Waals surface area contributed by atoms with Crippen LogP contribution in [0.2, 0.25) is 0 Å². The van der Waals surface area contributed by atoms with Crippen molar-refractivity contribution < 1.29 is 18.4 Å². The van der Waals surface area contributed by atoms with Crippen molar-refractivity contribution in [2.24, 2.45) is 5.92 Å². The number of carbonyl (C=O) groups is 2. The number of nitrogens with zero attached hydrogens (tertiary/aromatic N) is 4. The molecule has 3 aromatic rings. The lowest BCUT2D eigenvalue weighted by atomic mass is 9.92. The quantitative estimate of drug-likeness (QED) is 0.627. The smallest absolute Gasteiger partial charge is 0.254 e. The summed E-state index contributed by atoms with van der Waals surface area (Å²) >= 11 is 0. The summed E-state index contributed by atoms with van der Waals surface area (Å²) in [7, 11) is 0. The summed E-state index contributed by atoms with van der Waals surface area (Å²) in [5.41, 5.74) is 2.23. The number of aromatic nitrogens is 3. The van der Waals surface area contributed by atoms with E-state index >= 15 is 0 Å². The number of hydrogen-bond acceptors (Lipinski definition) is 5. The first kappa shape index (κ1) is 21.9. The van der Waals surface area contributed by atoms with E-state index in [1.807, 2.05) is 0 Å². The van der Waals surface area contributed by atoms with Crippen molar-refractivity contribution in [2.45, 2.75) is 39.8 Å². The predicted molar refractivity (Wildman–Crippen MR) is 121 cm³/mol. The second-order valence-corrected chi connectivity index (χ2v) is 8.67. The molecule has 7 nitrogen and oxygen atoms in total. The van der Waals surface area contributed by atoms with Gasteiger partial charge in [0.15, 0.2) is 0 Å². The molecule has 2 aromatic carbocycles. The maximum Gasteiger partial charge on any atom is 0.254 e. The van der Waals surface area contributed by atoms with Gasteiger partial charge in [-0.1, -0.05) is 24.3 Å². The first-order valence-corrected chi connectivity index (χ1v) is 11.0. The summed E-state index contributed by atoms with van der Waals surface area (Å²) in [6.07, 6.45) is 0.315. The number of aryl methyl sites for hydroxylation is 2. The minimum atomic E-state index is -0.679. The zero-order chi connectivity index (χ0) is 24.1. The van der Waals surface area contributed by atoms with Crippen LogP contribution in [0, 0.1) is 31.4 Å². The Hall–Kier alpha value is -3.88. The molecule has 1 unspecified atom stereocenters. The van der Waals surface area contributed by atoms with Gasteiger partial charge in [-0.3, -0.25) is 14.6 Å². The summed E-state index contributed by atoms with van der Waals surface area (Å²) in [5.74, 6) is -0.562. The Morgan fingerprint density at radius 3 is 2.41 bits per heavy atom. The number of rotatable bonds is 5. The summed E-state index contributed by atoms with van der Waals surface area (Å²) in [5, 5.41) is 12.9. The minimum absolute atomic E-state index is 0.00715. The van der Waals surface area contributed by atoms with Gasteiger partial charge >= 0.3 is 0 Å². The fourth-order valence-electron chi connectivity index (χ4n) is 4.66. The molecule has 1 aliphatic heterocycles. The summed E-state index contributed by atoms with van der Waals surface area (Å²) in [4.78, 5) is 25.7. The summed E-state index contributed by atoms with van der Waals surface area (Å²) in [6, 6.07) is 9.82. The SMILES string of the molecule is CC1=C(C(=O)N[C@H](c2cccc(F)c2)C2CC2=O)c2cccc(F)c2CN1n1c(C)nnc1C. The van der Waals surface area contributed by atoms with E-state index in [0.29, 0.717) is 40.5 Å². The molecule has 1 amide bonds. The molecular formula is C25H23F2N5O2. The Bertz CT molecular complexity index is 1340. The first-order valence-electron chi connectivity index (χ1n) is 11.0. The molecule has 5 rings (SSSR count). The van der Waals surface area contributed by atoms with Gasteiger partial charge in [-0.25, -0.2) is 13.5 Å². The second kappa shape index (κ2) is 8.16. The highest BCUT2D eigenvalue weighted by molar-refractivity contribution is 6.21. The lowest BCUT2D eigenvalue weighted by Gasteiger charge is -2.35. The van der Waals surface area contributed by atoms with Gasteiger partial charge in [0.2, 0.25) is 0 Å². The van der Waals surface area contributed by atoms with Crippen LogP contribution in [0.15, 0.2) is 48.2 Å². The van der Waals surface area contributed by atoms with Gasteiger partial charge < -0.3 is 5.32 Å². The molecule has 2 atom stereocenters. The Labute approximate surface area is 195 Å². The Morgan fingerprint density at radius 1 is 1.09 bits per heavy atom. The molecular weight excluding hydrogens is 440 g/mol. The van der Waals surface area contributed by atoms with Crippen LogP contribution in [0.25, 0.3) is 5.57 Å². The molecule has 174 valence electrons. The molecule has 9 heteroatoms. The Balaban J connectivity index is 1.59. The van der Waals surface area contributed by atoms with Crippen molar-refractivity contribution in [3.63, 3.8) is 0 Å². The number of hydrogen-bond donors (Lipinski definition) is 1. The standard InChI is InChI=1S/C25H23F2N5O2/c1-13-23(25(34)28-24(19-11-22(19)33)16-6-4-7-17(26)10-16)18-8-5-9-21(27)20(18)12-31(13)32-14(2)29-30-15(32)3/h4-10,19,24H,11-12H2,1-3H3,(H,28,34)/t19?,24-/m1/s1. The summed E-state index contributed by atoms with van der Waals surface area (Å²) < 4.78 is 30.6. The predicted octanol–water partition coefficient (Wildman–Crippen LogP) is 3.50. The highest BCUT2D eigenvalue weighted by Crippen LogP contribution is 2.39. The fourth-order valence-corrected chi connectivity index (χ4v) is 4.66. The van der Waals surface area contributed by atoms with Crippen LogP contribution in [0.4, 0.5) is 8.78 Å². The third-order valence-electron chi connectivity index (χ3n) is 6.44. The highest BCUT2D eigenvalue weighted by Gasteiger charge is 2.44. The molecule has 2 heterocycles. The van der Waals surface area contributed by atoms with Crippen molar-refractivity contribution in [3.05, 3.63) is 88.1 Å². The van der Waals surface area contributed by atoms with Crippen LogP contribution in [-0.4, -0.2) is 26.6 Å². The van der Waals surface area contributed by atoms with Crippen LogP contribution in [0.5, 0.6) is 0 Å². The zero-order valence-corrected chi connectivity index (χ0v) is 19.0. The van der Waals surface area contributed by atoms with Crippen LogP contribution >= 0.6 is 0 Å². The molecule has 1 N–H and O–H groups in total. The van der Waals surface area contributed by atoms with Crippen molar-refractivity contribution in [3.8, 4) is 0 Å². The number of fused-ring (bicyclic) bond motifs is 1. The van der Waals surface area contributed by atoms with E-state index in [4.69, 9.17) is 0 Å². The van der Waals surface area contributed by atoms with E-state index in [9.17, 15) is 18.4 Å². The van der Waals surface area contributed by atoms with E-state index in [0.717, 1.165) is 0 Å². The van der Waals surface area contributed by atoms with Crippen LogP contribution in [0.1, 0.15) is 47.7 Å². The van der Waals surface area contributed by atoms with E-state index < -0.39 is 29.5 Å². The number of halogens is 2. The average molecular weight is 463 g/mol. The van der Waals surface area contributed by atoms with Crippen molar-refractivity contribution in [2.75, 3.05) is 5.01 Å². The third kappa shape index (κ3) is 3.67. The molecule has 0 spiro atoms. The van der Waals surface area contributed by atoms with Gasteiger partial charge in [0.1, 0.15) is 29.1 Å². The van der Waals surface area contributed by atoms with Crippen molar-refractivity contribution >= 4 is 17.3 Å². The van der Waals surface area contributed by atoms with Crippen LogP contribution in [-0.2, 0) is 16.1 Å². The number of amides is 1. The molecule has 1 aromatic heterocycles. The molecule has 1 fully saturated rings. The van der Waals surface area contributed by atoms with Crippen molar-refractivity contribution in [1.29, 1.82) is 0 Å². The molecule has 34 heavy (non-hydrogen) atoms. The Kier molecular flexibility index (Phi) is 5.27. The number of carbonyl (C=O) groups excluding carboxylic acids is 2. The largest absolute Gasteiger partial charge is 0.344 e. The Morgan fingerprint density at radius 2 is 1.76 bits per heavy atom. The fraction of sp³-hybridized carbons (Fsp3) is 0.280. The maximum atomic E-state index is 14.9. The zero-order valence-electron chi connectivity index (χ0n) is 19.0. The van der Waals surface area contributed by atoms with Crippen molar-refractivity contribution in [1.82, 2.24) is 20.2 Å². The topological polar surface area (TPSA) is 80.1 Å². The number of benzene rings is 2. The van der Waals surface area contributed by atoms with Crippen LogP contribution < -0.4 is 10.3 Å². The number of nitrogens with one attached hydrogen (secondary N) is 1. The molecule has 0 saturated heterocycles. The number of Topliss-reactive ketones (excluding diaryl/α,β-unsaturated/α-hetero) is 1. The molecule has 0 bridgehead atoms.